The predicted octanol–water partition coefficient (Wildman–Crippen LogP) is 2.25. The van der Waals surface area contributed by atoms with Crippen molar-refractivity contribution in [2.75, 3.05) is 19.7 Å². The Morgan fingerprint density at radius 1 is 1.22 bits per heavy atom. The molecule has 1 heterocycles. The normalized spacial score (nSPS) is 16.8. The molecule has 0 bridgehead atoms. The van der Waals surface area contributed by atoms with Crippen molar-refractivity contribution in [2.45, 2.75) is 32.8 Å². The Kier molecular flexibility index (Phi) is 4.50. The van der Waals surface area contributed by atoms with Gasteiger partial charge in [-0.25, -0.2) is 0 Å². The van der Waals surface area contributed by atoms with Gasteiger partial charge >= 0.3 is 0 Å². The standard InChI is InChI=1S/C15H21NO2/c1-11-7-12(2)9-13(8-11)15(17)10-18-14-3-5-16-6-4-14/h7-9,14,16H,3-6,10H2,1-2H3. The lowest BCUT2D eigenvalue weighted by Gasteiger charge is -2.22. The molecule has 0 amide bonds. The molecule has 98 valence electrons. The van der Waals surface area contributed by atoms with Crippen LogP contribution in [0.3, 0.4) is 0 Å². The average Bonchev–Trinajstić information content (AvgIpc) is 2.36. The highest BCUT2D eigenvalue weighted by molar-refractivity contribution is 5.97. The van der Waals surface area contributed by atoms with Gasteiger partial charge in [0.1, 0.15) is 6.61 Å². The van der Waals surface area contributed by atoms with Crippen LogP contribution in [0.2, 0.25) is 0 Å². The lowest BCUT2D eigenvalue weighted by molar-refractivity contribution is 0.0317. The summed E-state index contributed by atoms with van der Waals surface area (Å²) in [5, 5.41) is 3.28. The van der Waals surface area contributed by atoms with Crippen LogP contribution in [-0.2, 0) is 4.74 Å². The van der Waals surface area contributed by atoms with Crippen LogP contribution in [0.15, 0.2) is 18.2 Å². The van der Waals surface area contributed by atoms with E-state index in [0.29, 0.717) is 0 Å². The maximum Gasteiger partial charge on any atom is 0.188 e. The van der Waals surface area contributed by atoms with Crippen molar-refractivity contribution in [3.8, 4) is 0 Å². The molecule has 0 radical (unpaired) electrons. The van der Waals surface area contributed by atoms with Crippen LogP contribution in [0.25, 0.3) is 0 Å². The average molecular weight is 247 g/mol. The van der Waals surface area contributed by atoms with Gasteiger partial charge < -0.3 is 10.1 Å². The first-order valence-electron chi connectivity index (χ1n) is 6.59. The highest BCUT2D eigenvalue weighted by Gasteiger charge is 2.15. The molecule has 1 aliphatic heterocycles. The van der Waals surface area contributed by atoms with E-state index in [-0.39, 0.29) is 18.5 Å². The number of Topliss-reactive ketones (excluding diaryl/α,β-unsaturated/α-hetero) is 1. The number of aryl methyl sites for hydroxylation is 2. The number of piperidine rings is 1. The van der Waals surface area contributed by atoms with Crippen molar-refractivity contribution in [2.24, 2.45) is 0 Å². The predicted molar refractivity (Wildman–Crippen MR) is 72.1 cm³/mol. The highest BCUT2D eigenvalue weighted by atomic mass is 16.5. The molecule has 0 saturated carbocycles. The summed E-state index contributed by atoms with van der Waals surface area (Å²) in [6, 6.07) is 5.94. The molecule has 0 unspecified atom stereocenters. The van der Waals surface area contributed by atoms with Crippen molar-refractivity contribution in [1.82, 2.24) is 5.32 Å². The number of nitrogens with one attached hydrogen (secondary N) is 1. The Hall–Kier alpha value is -1.19. The number of rotatable bonds is 4. The van der Waals surface area contributed by atoms with Gasteiger partial charge in [0, 0.05) is 5.56 Å². The van der Waals surface area contributed by atoms with Crippen LogP contribution in [0, 0.1) is 13.8 Å². The second-order valence-electron chi connectivity index (χ2n) is 5.06. The van der Waals surface area contributed by atoms with Gasteiger partial charge in [-0.05, 0) is 51.9 Å². The van der Waals surface area contributed by atoms with Crippen LogP contribution in [-0.4, -0.2) is 31.6 Å². The van der Waals surface area contributed by atoms with Gasteiger partial charge in [-0.1, -0.05) is 17.2 Å². The summed E-state index contributed by atoms with van der Waals surface area (Å²) in [6.45, 7) is 6.20. The summed E-state index contributed by atoms with van der Waals surface area (Å²) in [5.41, 5.74) is 3.02. The summed E-state index contributed by atoms with van der Waals surface area (Å²) >= 11 is 0. The van der Waals surface area contributed by atoms with Gasteiger partial charge in [0.25, 0.3) is 0 Å². The second kappa shape index (κ2) is 6.12. The molecule has 18 heavy (non-hydrogen) atoms. The molecule has 0 aromatic heterocycles. The minimum atomic E-state index is 0.0836. The molecule has 1 aromatic carbocycles. The molecule has 3 nitrogen and oxygen atoms in total. The van der Waals surface area contributed by atoms with E-state index in [2.05, 4.69) is 11.4 Å². The summed E-state index contributed by atoms with van der Waals surface area (Å²) in [7, 11) is 0. The first-order chi connectivity index (χ1) is 8.65. The lowest BCUT2D eigenvalue weighted by atomic mass is 10.0. The topological polar surface area (TPSA) is 38.3 Å². The number of benzene rings is 1. The van der Waals surface area contributed by atoms with Crippen molar-refractivity contribution in [3.63, 3.8) is 0 Å². The molecule has 3 heteroatoms. The van der Waals surface area contributed by atoms with Gasteiger partial charge in [0.15, 0.2) is 5.78 Å². The van der Waals surface area contributed by atoms with E-state index in [9.17, 15) is 4.79 Å². The first kappa shape index (κ1) is 13.2. The van der Waals surface area contributed by atoms with Gasteiger partial charge in [-0.3, -0.25) is 4.79 Å². The van der Waals surface area contributed by atoms with Crippen molar-refractivity contribution in [1.29, 1.82) is 0 Å². The number of ether oxygens (including phenoxy) is 1. The Morgan fingerprint density at radius 3 is 2.44 bits per heavy atom. The minimum absolute atomic E-state index is 0.0836. The molecular weight excluding hydrogens is 226 g/mol. The summed E-state index contributed by atoms with van der Waals surface area (Å²) in [6.07, 6.45) is 2.24. The minimum Gasteiger partial charge on any atom is -0.370 e. The van der Waals surface area contributed by atoms with Gasteiger partial charge in [-0.2, -0.15) is 0 Å². The largest absolute Gasteiger partial charge is 0.370 e. The molecule has 1 aromatic rings. The van der Waals surface area contributed by atoms with E-state index in [4.69, 9.17) is 4.74 Å². The quantitative estimate of drug-likeness (QED) is 0.829. The van der Waals surface area contributed by atoms with Crippen LogP contribution in [0.5, 0.6) is 0 Å². The molecule has 0 aliphatic carbocycles. The van der Waals surface area contributed by atoms with Gasteiger partial charge in [0.2, 0.25) is 0 Å². The van der Waals surface area contributed by atoms with E-state index in [1.807, 2.05) is 26.0 Å². The first-order valence-corrected chi connectivity index (χ1v) is 6.59. The third-order valence-electron chi connectivity index (χ3n) is 3.28. The summed E-state index contributed by atoms with van der Waals surface area (Å²) < 4.78 is 5.69. The maximum atomic E-state index is 12.1. The van der Waals surface area contributed by atoms with Gasteiger partial charge in [-0.15, -0.1) is 0 Å². The number of carbonyl (C=O) groups excluding carboxylic acids is 1. The number of hydrogen-bond acceptors (Lipinski definition) is 3. The van der Waals surface area contributed by atoms with Crippen LogP contribution >= 0.6 is 0 Å². The van der Waals surface area contributed by atoms with Crippen molar-refractivity contribution < 1.29 is 9.53 Å². The maximum absolute atomic E-state index is 12.1. The van der Waals surface area contributed by atoms with Crippen molar-refractivity contribution >= 4 is 5.78 Å². The molecule has 1 N–H and O–H groups in total. The SMILES string of the molecule is Cc1cc(C)cc(C(=O)COC2CCNCC2)c1. The zero-order chi connectivity index (χ0) is 13.0. The monoisotopic (exact) mass is 247 g/mol. The Morgan fingerprint density at radius 2 is 1.83 bits per heavy atom. The van der Waals surface area contributed by atoms with E-state index in [0.717, 1.165) is 42.6 Å². The molecule has 1 aliphatic rings. The summed E-state index contributed by atoms with van der Waals surface area (Å²) in [5.74, 6) is 0.0836. The third kappa shape index (κ3) is 3.65. The molecule has 1 fully saturated rings. The fourth-order valence-corrected chi connectivity index (χ4v) is 2.37. The molecule has 0 spiro atoms. The molecule has 2 rings (SSSR count). The Labute approximate surface area is 109 Å². The molecular formula is C15H21NO2. The van der Waals surface area contributed by atoms with Gasteiger partial charge in [0.05, 0.1) is 6.10 Å². The fourth-order valence-electron chi connectivity index (χ4n) is 2.37. The number of carbonyl (C=O) groups is 1. The van der Waals surface area contributed by atoms with Crippen LogP contribution < -0.4 is 5.32 Å². The van der Waals surface area contributed by atoms with Crippen LogP contribution in [0.4, 0.5) is 0 Å². The van der Waals surface area contributed by atoms with E-state index in [1.54, 1.807) is 0 Å². The molecule has 0 atom stereocenters. The lowest BCUT2D eigenvalue weighted by Crippen LogP contribution is -2.33. The third-order valence-corrected chi connectivity index (χ3v) is 3.28. The highest BCUT2D eigenvalue weighted by Crippen LogP contribution is 2.12. The molecule has 1 saturated heterocycles. The van der Waals surface area contributed by atoms with E-state index in [1.165, 1.54) is 0 Å². The number of ketones is 1. The van der Waals surface area contributed by atoms with E-state index < -0.39 is 0 Å². The Balaban J connectivity index is 1.90. The zero-order valence-electron chi connectivity index (χ0n) is 11.2. The van der Waals surface area contributed by atoms with Crippen molar-refractivity contribution in [3.05, 3.63) is 34.9 Å². The second-order valence-corrected chi connectivity index (χ2v) is 5.06. The number of hydrogen-bond donors (Lipinski definition) is 1. The zero-order valence-corrected chi connectivity index (χ0v) is 11.2. The summed E-state index contributed by atoms with van der Waals surface area (Å²) in [4.78, 5) is 12.1. The Bertz CT molecular complexity index is 402. The van der Waals surface area contributed by atoms with Crippen LogP contribution in [0.1, 0.15) is 34.3 Å². The fraction of sp³-hybridized carbons (Fsp3) is 0.533. The smallest absolute Gasteiger partial charge is 0.188 e. The van der Waals surface area contributed by atoms with E-state index >= 15 is 0 Å².